The Kier molecular flexibility index (Phi) is 28.7. The molecule has 5 atom stereocenters. The van der Waals surface area contributed by atoms with Crippen LogP contribution in [0.25, 0.3) is 37.7 Å². The number of anilines is 4. The van der Waals surface area contributed by atoms with Gasteiger partial charge in [0, 0.05) is 57.6 Å². The minimum Gasteiger partial charge on any atom is -0.595 e. The van der Waals surface area contributed by atoms with Gasteiger partial charge in [-0.3, -0.25) is 68.1 Å². The van der Waals surface area contributed by atoms with Crippen molar-refractivity contribution >= 4 is 193 Å². The molecule has 7 N–H and O–H groups in total. The summed E-state index contributed by atoms with van der Waals surface area (Å²) in [5.74, 6) is -7.50. The highest BCUT2D eigenvalue weighted by Crippen LogP contribution is 2.52. The number of non-ortho nitro benzene ring substituents is 1. The van der Waals surface area contributed by atoms with Crippen LogP contribution in [-0.2, 0) is 53.2 Å². The number of nitrogens with zero attached hydrogens (tertiary/aromatic N) is 9. The molecule has 3 saturated heterocycles. The Labute approximate surface area is 849 Å². The quantitative estimate of drug-likeness (QED) is 0.00781. The number of ketones is 4. The summed E-state index contributed by atoms with van der Waals surface area (Å²) in [4.78, 5) is 138. The van der Waals surface area contributed by atoms with Crippen molar-refractivity contribution in [3.63, 3.8) is 0 Å². The molecule has 738 valence electrons. The van der Waals surface area contributed by atoms with Crippen LogP contribution in [0.5, 0.6) is 23.0 Å². The Hall–Kier alpha value is -16.8. The van der Waals surface area contributed by atoms with Gasteiger partial charge < -0.3 is 53.8 Å². The third kappa shape index (κ3) is 19.4. The fourth-order valence-corrected chi connectivity index (χ4v) is 23.5. The van der Waals surface area contributed by atoms with Crippen molar-refractivity contribution < 1.29 is 119 Å². The standard InChI is InChI=1S/C27H20ClN3O9S2.C27H22N2O5S.C27H22N2O3S.C22H13N3O9S2/c1-40-20-12-15(4-11-19(20)32)23-22(24(33)14-2-5-16(28)6-3-14)25(34)26(35)30(23)27-29-13-21(41-27)42(38,39)18-9-7-17(8-10-18)31(36)37;1-15-8-10-16(11-9-15)24(30)22-23(18-13-12-17(33-2)14-20(18)34-3)29(26(32)25(22)31)27-28-19-6-4-5-7-21(19)35-27;1-16(2)17-12-14-18(15-13-17)23-22(24(30)19-8-4-3-5-9-19)25(31)26(32)29(23)27-28-20-10-6-7-11-21(20)33-27;26-19(15-4-2-10-34-15)17-18(14-3-1-9-33-14)24(21(28)20(17)27)22-23-11-16(35-22)36(31,32)13-7-5-12(6-8-13)25(29)30/h2-13,23,31-33,36H,1H3;4-14,23,30H,1-3H3;3-16,23,30H,1-2H3;1-11,18,27H. The van der Waals surface area contributed by atoms with Crippen LogP contribution in [-0.4, -0.2) is 141 Å². The van der Waals surface area contributed by atoms with Gasteiger partial charge in [0.1, 0.15) is 55.0 Å². The second-order valence-corrected chi connectivity index (χ2v) is 41.5. The number of carbonyl (C=O) groups is 8. The van der Waals surface area contributed by atoms with Crippen molar-refractivity contribution in [3.05, 3.63) is 390 Å². The maximum Gasteiger partial charge on any atom is 0.301 e. The first-order chi connectivity index (χ1) is 70.0. The average Bonchev–Trinajstić information content (AvgIpc) is 1.58. The van der Waals surface area contributed by atoms with E-state index in [1.54, 1.807) is 61.7 Å². The lowest BCUT2D eigenvalue weighted by Crippen LogP contribution is -2.99. The molecule has 146 heavy (non-hydrogen) atoms. The Morgan fingerprint density at radius 2 is 0.959 bits per heavy atom. The highest BCUT2D eigenvalue weighted by atomic mass is 35.5. The number of nitro groups is 1. The molecular formula is C103H77ClN10O26S6. The summed E-state index contributed by atoms with van der Waals surface area (Å²) in [7, 11) is -3.97. The minimum atomic E-state index is -4.18. The predicted octanol–water partition coefficient (Wildman–Crippen LogP) is 18.5. The number of aliphatic hydroxyl groups excluding tert-OH is 4. The minimum absolute atomic E-state index is 0.0248. The van der Waals surface area contributed by atoms with Crippen LogP contribution in [0.4, 0.5) is 31.9 Å². The number of carbonyl (C=O) groups excluding carboxylic acids is 8. The molecule has 6 aromatic heterocycles. The van der Waals surface area contributed by atoms with E-state index in [2.05, 4.69) is 33.8 Å². The number of phenols is 1. The molecule has 0 aliphatic carbocycles. The number of nitro benzene ring substituents is 1. The molecule has 0 radical (unpaired) electrons. The lowest BCUT2D eigenvalue weighted by atomic mass is 9.93. The van der Waals surface area contributed by atoms with Crippen LogP contribution in [0.3, 0.4) is 0 Å². The largest absolute Gasteiger partial charge is 0.595 e. The van der Waals surface area contributed by atoms with E-state index in [4.69, 9.17) is 39.9 Å². The van der Waals surface area contributed by atoms with E-state index in [0.717, 1.165) is 102 Å². The molecule has 5 unspecified atom stereocenters. The topological polar surface area (TPSA) is 515 Å². The highest BCUT2D eigenvalue weighted by Gasteiger charge is 2.54. The van der Waals surface area contributed by atoms with Gasteiger partial charge in [-0.1, -0.05) is 186 Å². The van der Waals surface area contributed by atoms with Gasteiger partial charge >= 0.3 is 17.7 Å². The van der Waals surface area contributed by atoms with Gasteiger partial charge in [0.2, 0.25) is 25.5 Å². The number of para-hydroxylation sites is 2. The third-order valence-electron chi connectivity index (χ3n) is 23.6. The van der Waals surface area contributed by atoms with E-state index in [1.165, 1.54) is 126 Å². The summed E-state index contributed by atoms with van der Waals surface area (Å²) in [6, 6.07) is 64.5. The molecule has 4 amide bonds. The number of rotatable bonds is 23. The van der Waals surface area contributed by atoms with Crippen molar-refractivity contribution in [1.29, 1.82) is 0 Å². The molecule has 0 saturated carbocycles. The number of sulfone groups is 2. The third-order valence-corrected chi connectivity index (χ3v) is 32.4. The molecule has 43 heteroatoms. The second kappa shape index (κ2) is 41.6. The fraction of sp³-hybridized carbons (Fsp3) is 0.107. The van der Waals surface area contributed by atoms with Gasteiger partial charge in [-0.05, 0) is 151 Å². The molecule has 3 fully saturated rings. The van der Waals surface area contributed by atoms with Crippen molar-refractivity contribution in [2.24, 2.45) is 0 Å². The molecule has 20 rings (SSSR count). The number of aliphatic hydroxyl groups is 4. The molecule has 0 bridgehead atoms. The second-order valence-electron chi connectivity index (χ2n) is 32.7. The van der Waals surface area contributed by atoms with Gasteiger partial charge in [-0.25, -0.2) is 42.0 Å². The van der Waals surface area contributed by atoms with Crippen molar-refractivity contribution in [1.82, 2.24) is 19.9 Å². The summed E-state index contributed by atoms with van der Waals surface area (Å²) in [5, 5.41) is 85.2. The molecule has 4 aliphatic heterocycles. The van der Waals surface area contributed by atoms with Crippen LogP contribution < -0.4 is 39.0 Å². The maximum absolute atomic E-state index is 13.4. The number of nitrogens with one attached hydrogen (secondary N) is 1. The number of aromatic hydroxyl groups is 1. The van der Waals surface area contributed by atoms with Crippen molar-refractivity contribution in [2.75, 3.05) is 40.9 Å². The predicted molar refractivity (Wildman–Crippen MR) is 539 cm³/mol. The number of thiazole rings is 4. The van der Waals surface area contributed by atoms with Crippen LogP contribution >= 0.6 is 56.9 Å². The normalized spacial score (nSPS) is 17.2. The molecular weight excluding hydrogens is 2020 g/mol. The van der Waals surface area contributed by atoms with Gasteiger partial charge in [0.15, 0.2) is 49.2 Å². The number of fused-ring (bicyclic) bond motifs is 2. The first kappa shape index (κ1) is 101. The Balaban J connectivity index is 0.000000134. The van der Waals surface area contributed by atoms with Gasteiger partial charge in [0.25, 0.3) is 28.9 Å². The van der Waals surface area contributed by atoms with E-state index in [1.807, 2.05) is 97.9 Å². The molecule has 10 aromatic carbocycles. The van der Waals surface area contributed by atoms with E-state index in [9.17, 15) is 96.0 Å². The zero-order valence-corrected chi connectivity index (χ0v) is 82.4. The van der Waals surface area contributed by atoms with E-state index in [-0.39, 0.29) is 108 Å². The number of hydrogen-bond acceptors (Lipinski definition) is 34. The fourth-order valence-electron chi connectivity index (χ4n) is 16.3. The van der Waals surface area contributed by atoms with Crippen molar-refractivity contribution in [3.8, 4) is 23.0 Å². The number of methoxy groups -OCH3 is 3. The number of amides is 4. The zero-order valence-electron chi connectivity index (χ0n) is 76.7. The van der Waals surface area contributed by atoms with Crippen LogP contribution in [0, 0.1) is 22.2 Å². The number of benzene rings is 10. The van der Waals surface area contributed by atoms with E-state index >= 15 is 0 Å². The maximum atomic E-state index is 13.4. The summed E-state index contributed by atoms with van der Waals surface area (Å²) in [6.45, 7) is 6.15. The summed E-state index contributed by atoms with van der Waals surface area (Å²) < 4.78 is 80.7. The number of phenolic OH excluding ortho intramolecular Hbond substituents is 1. The number of halogens is 1. The number of hydrogen-bond donors (Lipinski definition) is 7. The monoisotopic (exact) mass is 2100 g/mol. The molecule has 0 spiro atoms. The summed E-state index contributed by atoms with van der Waals surface area (Å²) in [6.07, 6.45) is 4.62. The number of furan rings is 2. The van der Waals surface area contributed by atoms with Crippen LogP contribution in [0.15, 0.2) is 341 Å². The SMILES string of the molecule is CC(C)c1ccc(C2C(=C(O)c3ccccc3)C(=O)C(=O)N2c2nc3ccccc3s2)cc1.COc1cc(C2C(=C(O)c3ccc(Cl)cc3)C(=O)C(=O)N2c2ncc(S(=O)(=O)c3ccc([NH+]([O-])O)cc3)s2)ccc1O.COc1ccc(C2C(=C(O)c3ccc(C)cc3)C(=O)C(=O)N2c2nc3ccccc3s2)c(OC)c1.O=C(C1=C(O)C(=O)N(c2ncc(S(=O)(=O)c3ccc([N+](=O)[O-])cc3)s2)C1c1ccco1)c1ccco1. The number of Topliss-reactive ketones (excluding diaryl/α,β-unsaturated/α-hetero) is 4. The highest BCUT2D eigenvalue weighted by molar-refractivity contribution is 7.94. The number of ether oxygens (including phenoxy) is 3. The van der Waals surface area contributed by atoms with Crippen LogP contribution in [0.1, 0.15) is 105 Å². The lowest BCUT2D eigenvalue weighted by molar-refractivity contribution is -0.991. The Morgan fingerprint density at radius 3 is 1.45 bits per heavy atom. The molecule has 36 nitrogen and oxygen atoms in total. The first-order valence-corrected chi connectivity index (χ1v) is 50.2. The lowest BCUT2D eigenvalue weighted by Gasteiger charge is -2.24. The molecule has 16 aromatic rings. The number of aromatic nitrogens is 4. The van der Waals surface area contributed by atoms with Gasteiger partial charge in [0.05, 0.1) is 116 Å². The molecule has 4 aliphatic rings. The average molecular weight is 2100 g/mol. The summed E-state index contributed by atoms with van der Waals surface area (Å²) in [5.41, 5.74) is 5.32. The smallest absolute Gasteiger partial charge is 0.301 e. The number of quaternary nitrogens is 1. The first-order valence-electron chi connectivity index (χ1n) is 43.6. The van der Waals surface area contributed by atoms with Crippen LogP contribution in [0.2, 0.25) is 5.02 Å². The van der Waals surface area contributed by atoms with Crippen molar-refractivity contribution in [2.45, 2.75) is 69.1 Å². The Morgan fingerprint density at radius 1 is 0.493 bits per heavy atom. The van der Waals surface area contributed by atoms with E-state index in [0.29, 0.717) is 77.6 Å². The van der Waals surface area contributed by atoms with Gasteiger partial charge in [-0.15, -0.1) is 0 Å². The molecule has 10 heterocycles. The summed E-state index contributed by atoms with van der Waals surface area (Å²) >= 11 is 9.84. The Bertz CT molecular complexity index is 8190. The van der Waals surface area contributed by atoms with Gasteiger partial charge in [-0.2, -0.15) is 5.23 Å². The number of aryl methyl sites for hydroxylation is 1. The van der Waals surface area contributed by atoms with E-state index < -0.39 is 112 Å². The zero-order chi connectivity index (χ0) is 104.